The molecule has 0 heterocycles. The summed E-state index contributed by atoms with van der Waals surface area (Å²) in [5.74, 6) is -0.355. The van der Waals surface area contributed by atoms with Crippen molar-refractivity contribution in [1.29, 1.82) is 0 Å². The minimum atomic E-state index is -0.575. The second-order valence-electron chi connectivity index (χ2n) is 5.85. The number of nitrogens with zero attached hydrogens (tertiary/aromatic N) is 2. The average Bonchev–Trinajstić information content (AvgIpc) is 2.62. The standard InChI is InChI=1S/C19H16ClN3O3/c1-22(16-8-6-13-4-2-3-5-14(13)10-16)12-19(24)21-17-9-7-15(20)11-18(17)23(25)26/h2-11H,12H2,1H3,(H,21,24). The summed E-state index contributed by atoms with van der Waals surface area (Å²) in [6.45, 7) is 0.0537. The van der Waals surface area contributed by atoms with Crippen molar-refractivity contribution in [2.24, 2.45) is 0 Å². The first-order chi connectivity index (χ1) is 12.4. The number of nitro benzene ring substituents is 1. The van der Waals surface area contributed by atoms with Crippen molar-refractivity contribution in [3.63, 3.8) is 0 Å². The van der Waals surface area contributed by atoms with Crippen molar-refractivity contribution in [2.45, 2.75) is 0 Å². The minimum Gasteiger partial charge on any atom is -0.365 e. The number of carbonyl (C=O) groups is 1. The molecule has 6 nitrogen and oxygen atoms in total. The molecular weight excluding hydrogens is 354 g/mol. The number of likely N-dealkylation sites (N-methyl/N-ethyl adjacent to an activating group) is 1. The number of halogens is 1. The van der Waals surface area contributed by atoms with Gasteiger partial charge in [-0.3, -0.25) is 14.9 Å². The SMILES string of the molecule is CN(CC(=O)Nc1ccc(Cl)cc1[N+](=O)[O-])c1ccc2ccccc2c1. The Morgan fingerprint density at radius 3 is 2.58 bits per heavy atom. The van der Waals surface area contributed by atoms with E-state index < -0.39 is 4.92 Å². The molecule has 132 valence electrons. The van der Waals surface area contributed by atoms with Gasteiger partial charge in [-0.25, -0.2) is 0 Å². The Labute approximate surface area is 155 Å². The summed E-state index contributed by atoms with van der Waals surface area (Å²) < 4.78 is 0. The first kappa shape index (κ1) is 17.7. The van der Waals surface area contributed by atoms with E-state index in [9.17, 15) is 14.9 Å². The molecule has 0 fully saturated rings. The van der Waals surface area contributed by atoms with Gasteiger partial charge in [0, 0.05) is 23.8 Å². The third-order valence-corrected chi connectivity index (χ3v) is 4.22. The fourth-order valence-electron chi connectivity index (χ4n) is 2.67. The van der Waals surface area contributed by atoms with E-state index in [2.05, 4.69) is 5.32 Å². The van der Waals surface area contributed by atoms with Crippen molar-refractivity contribution >= 4 is 45.3 Å². The Morgan fingerprint density at radius 2 is 1.85 bits per heavy atom. The summed E-state index contributed by atoms with van der Waals surface area (Å²) in [7, 11) is 1.79. The number of amides is 1. The van der Waals surface area contributed by atoms with Crippen molar-refractivity contribution in [3.05, 3.63) is 75.8 Å². The Hall–Kier alpha value is -3.12. The Bertz CT molecular complexity index is 991. The highest BCUT2D eigenvalue weighted by atomic mass is 35.5. The predicted octanol–water partition coefficient (Wildman–Crippen LogP) is 4.48. The van der Waals surface area contributed by atoms with Crippen LogP contribution in [0.2, 0.25) is 5.02 Å². The number of benzene rings is 3. The van der Waals surface area contributed by atoms with E-state index in [-0.39, 0.29) is 28.8 Å². The second-order valence-corrected chi connectivity index (χ2v) is 6.29. The van der Waals surface area contributed by atoms with Gasteiger partial charge in [0.25, 0.3) is 5.69 Å². The van der Waals surface area contributed by atoms with E-state index in [1.54, 1.807) is 11.9 Å². The molecular formula is C19H16ClN3O3. The number of anilines is 2. The molecule has 0 aliphatic carbocycles. The molecule has 0 aromatic heterocycles. The average molecular weight is 370 g/mol. The Balaban J connectivity index is 1.74. The van der Waals surface area contributed by atoms with E-state index in [4.69, 9.17) is 11.6 Å². The summed E-state index contributed by atoms with van der Waals surface area (Å²) in [5, 5.41) is 16.1. The van der Waals surface area contributed by atoms with Gasteiger partial charge in [-0.2, -0.15) is 0 Å². The molecule has 0 saturated carbocycles. The van der Waals surface area contributed by atoms with Crippen molar-refractivity contribution < 1.29 is 9.72 Å². The van der Waals surface area contributed by atoms with E-state index in [0.717, 1.165) is 16.5 Å². The molecule has 0 bridgehead atoms. The molecule has 0 atom stereocenters. The van der Waals surface area contributed by atoms with Gasteiger partial charge in [0.15, 0.2) is 0 Å². The molecule has 7 heteroatoms. The smallest absolute Gasteiger partial charge is 0.294 e. The first-order valence-corrected chi connectivity index (χ1v) is 8.25. The highest BCUT2D eigenvalue weighted by Gasteiger charge is 2.17. The van der Waals surface area contributed by atoms with Gasteiger partial charge < -0.3 is 10.2 Å². The predicted molar refractivity (Wildman–Crippen MR) is 104 cm³/mol. The maximum Gasteiger partial charge on any atom is 0.294 e. The summed E-state index contributed by atoms with van der Waals surface area (Å²) in [6, 6.07) is 18.0. The van der Waals surface area contributed by atoms with Gasteiger partial charge in [-0.15, -0.1) is 0 Å². The molecule has 0 aliphatic heterocycles. The van der Waals surface area contributed by atoms with Crippen LogP contribution in [-0.4, -0.2) is 24.4 Å². The van der Waals surface area contributed by atoms with Crippen LogP contribution in [0.4, 0.5) is 17.1 Å². The zero-order valence-corrected chi connectivity index (χ0v) is 14.7. The molecule has 0 unspecified atom stereocenters. The van der Waals surface area contributed by atoms with Gasteiger partial charge in [0.2, 0.25) is 5.91 Å². The maximum absolute atomic E-state index is 12.3. The number of nitrogens with one attached hydrogen (secondary N) is 1. The van der Waals surface area contributed by atoms with Gasteiger partial charge in [-0.05, 0) is 35.0 Å². The zero-order valence-electron chi connectivity index (χ0n) is 14.0. The van der Waals surface area contributed by atoms with Gasteiger partial charge >= 0.3 is 0 Å². The molecule has 0 aliphatic rings. The quantitative estimate of drug-likeness (QED) is 0.531. The van der Waals surface area contributed by atoms with Crippen LogP contribution in [0.15, 0.2) is 60.7 Å². The lowest BCUT2D eigenvalue weighted by Crippen LogP contribution is -2.30. The fraction of sp³-hybridized carbons (Fsp3) is 0.105. The third-order valence-electron chi connectivity index (χ3n) is 3.99. The molecule has 3 aromatic rings. The highest BCUT2D eigenvalue weighted by molar-refractivity contribution is 6.31. The van der Waals surface area contributed by atoms with Gasteiger partial charge in [-0.1, -0.05) is 41.9 Å². The van der Waals surface area contributed by atoms with E-state index in [1.165, 1.54) is 18.2 Å². The highest BCUT2D eigenvalue weighted by Crippen LogP contribution is 2.28. The largest absolute Gasteiger partial charge is 0.365 e. The lowest BCUT2D eigenvalue weighted by Gasteiger charge is -2.19. The zero-order chi connectivity index (χ0) is 18.7. The molecule has 0 radical (unpaired) electrons. The summed E-state index contributed by atoms with van der Waals surface area (Å²) in [6.07, 6.45) is 0. The third kappa shape index (κ3) is 3.92. The molecule has 3 rings (SSSR count). The lowest BCUT2D eigenvalue weighted by molar-refractivity contribution is -0.383. The molecule has 1 N–H and O–H groups in total. The van der Waals surface area contributed by atoms with Crippen LogP contribution in [0.3, 0.4) is 0 Å². The second kappa shape index (κ2) is 7.41. The van der Waals surface area contributed by atoms with Crippen LogP contribution < -0.4 is 10.2 Å². The van der Waals surface area contributed by atoms with Crippen LogP contribution >= 0.6 is 11.6 Å². The minimum absolute atomic E-state index is 0.0537. The van der Waals surface area contributed by atoms with Crippen LogP contribution in [0.5, 0.6) is 0 Å². The fourth-order valence-corrected chi connectivity index (χ4v) is 2.84. The summed E-state index contributed by atoms with van der Waals surface area (Å²) >= 11 is 5.78. The number of fused-ring (bicyclic) bond motifs is 1. The molecule has 0 saturated heterocycles. The van der Waals surface area contributed by atoms with E-state index in [0.29, 0.717) is 0 Å². The van der Waals surface area contributed by atoms with Gasteiger partial charge in [0.1, 0.15) is 5.69 Å². The Kier molecular flexibility index (Phi) is 5.04. The number of rotatable bonds is 5. The molecule has 26 heavy (non-hydrogen) atoms. The number of carbonyl (C=O) groups excluding carboxylic acids is 1. The summed E-state index contributed by atoms with van der Waals surface area (Å²) in [5.41, 5.74) is 0.764. The number of nitro groups is 1. The first-order valence-electron chi connectivity index (χ1n) is 7.88. The summed E-state index contributed by atoms with van der Waals surface area (Å²) in [4.78, 5) is 24.6. The molecule has 3 aromatic carbocycles. The number of hydrogen-bond donors (Lipinski definition) is 1. The van der Waals surface area contributed by atoms with Crippen LogP contribution in [-0.2, 0) is 4.79 Å². The Morgan fingerprint density at radius 1 is 1.12 bits per heavy atom. The topological polar surface area (TPSA) is 75.5 Å². The van der Waals surface area contributed by atoms with Crippen LogP contribution in [0, 0.1) is 10.1 Å². The van der Waals surface area contributed by atoms with Crippen molar-refractivity contribution in [2.75, 3.05) is 23.8 Å². The maximum atomic E-state index is 12.3. The molecule has 0 spiro atoms. The normalized spacial score (nSPS) is 10.5. The van der Waals surface area contributed by atoms with E-state index in [1.807, 2.05) is 42.5 Å². The number of hydrogen-bond acceptors (Lipinski definition) is 4. The van der Waals surface area contributed by atoms with Crippen molar-refractivity contribution in [1.82, 2.24) is 0 Å². The van der Waals surface area contributed by atoms with Crippen LogP contribution in [0.25, 0.3) is 10.8 Å². The van der Waals surface area contributed by atoms with Crippen LogP contribution in [0.1, 0.15) is 0 Å². The van der Waals surface area contributed by atoms with Gasteiger partial charge in [0.05, 0.1) is 11.5 Å². The monoisotopic (exact) mass is 369 g/mol. The van der Waals surface area contributed by atoms with Crippen molar-refractivity contribution in [3.8, 4) is 0 Å². The lowest BCUT2D eigenvalue weighted by atomic mass is 10.1. The van der Waals surface area contributed by atoms with E-state index >= 15 is 0 Å². The molecule has 1 amide bonds.